The van der Waals surface area contributed by atoms with E-state index in [4.69, 9.17) is 24.9 Å². The smallest absolute Gasteiger partial charge is 0.164 e. The van der Waals surface area contributed by atoms with E-state index in [1.54, 1.807) is 11.3 Å². The van der Waals surface area contributed by atoms with Crippen LogP contribution in [0.25, 0.3) is 110 Å². The van der Waals surface area contributed by atoms with E-state index >= 15 is 0 Å². The molecule has 0 radical (unpaired) electrons. The van der Waals surface area contributed by atoms with E-state index in [0.717, 1.165) is 66.8 Å². The molecule has 4 aromatic heterocycles. The molecule has 5 nitrogen and oxygen atoms in total. The number of aromatic nitrogens is 5. The van der Waals surface area contributed by atoms with Gasteiger partial charge in [-0.1, -0.05) is 176 Å². The van der Waals surface area contributed by atoms with Gasteiger partial charge in [0, 0.05) is 43.9 Å². The summed E-state index contributed by atoms with van der Waals surface area (Å²) in [6.07, 6.45) is 1.85. The molecule has 0 aliphatic rings. The molecule has 0 atom stereocenters. The zero-order valence-corrected chi connectivity index (χ0v) is 32.5. The van der Waals surface area contributed by atoms with Crippen molar-refractivity contribution in [2.45, 2.75) is 0 Å². The minimum Gasteiger partial charge on any atom is -0.254 e. The summed E-state index contributed by atoms with van der Waals surface area (Å²) >= 11 is 1.78. The number of nitrogens with zero attached hydrogens (tertiary/aromatic N) is 5. The highest BCUT2D eigenvalue weighted by Crippen LogP contribution is 2.42. The molecule has 0 amide bonds. The fraction of sp³-hybridized carbons (Fsp3) is 0. The summed E-state index contributed by atoms with van der Waals surface area (Å²) in [6, 6.07) is 67.4. The molecule has 0 fully saturated rings. The molecule has 6 heteroatoms. The predicted octanol–water partition coefficient (Wildman–Crippen LogP) is 13.9. The number of benzene rings is 7. The summed E-state index contributed by atoms with van der Waals surface area (Å²) in [7, 11) is 0. The molecule has 0 aliphatic carbocycles. The van der Waals surface area contributed by atoms with Gasteiger partial charge in [-0.2, -0.15) is 0 Å². The summed E-state index contributed by atoms with van der Waals surface area (Å²) in [5.74, 6) is 1.92. The molecule has 0 aliphatic heterocycles. The lowest BCUT2D eigenvalue weighted by Crippen LogP contribution is -2.00. The van der Waals surface area contributed by atoms with Crippen LogP contribution in [-0.4, -0.2) is 24.9 Å². The Kier molecular flexibility index (Phi) is 8.60. The van der Waals surface area contributed by atoms with Crippen LogP contribution in [0.3, 0.4) is 0 Å². The van der Waals surface area contributed by atoms with Gasteiger partial charge in [0.2, 0.25) is 0 Å². The van der Waals surface area contributed by atoms with Crippen LogP contribution in [0.15, 0.2) is 200 Å². The Morgan fingerprint density at radius 2 is 0.729 bits per heavy atom. The molecule has 59 heavy (non-hydrogen) atoms. The number of hydrogen-bond acceptors (Lipinski definition) is 6. The van der Waals surface area contributed by atoms with Gasteiger partial charge in [-0.05, 0) is 51.6 Å². The van der Waals surface area contributed by atoms with Crippen molar-refractivity contribution >= 4 is 42.5 Å². The Bertz CT molecular complexity index is 3270. The maximum Gasteiger partial charge on any atom is 0.164 e. The lowest BCUT2D eigenvalue weighted by molar-refractivity contribution is 1.07. The van der Waals surface area contributed by atoms with Gasteiger partial charge in [0.25, 0.3) is 0 Å². The quantitative estimate of drug-likeness (QED) is 0.161. The average Bonchev–Trinajstić information content (AvgIpc) is 3.72. The number of thiophene rings is 1. The van der Waals surface area contributed by atoms with Crippen LogP contribution in [-0.2, 0) is 0 Å². The molecule has 0 N–H and O–H groups in total. The summed E-state index contributed by atoms with van der Waals surface area (Å²) in [4.78, 5) is 24.7. The van der Waals surface area contributed by atoms with Gasteiger partial charge in [-0.3, -0.25) is 4.98 Å². The van der Waals surface area contributed by atoms with Crippen molar-refractivity contribution < 1.29 is 0 Å². The van der Waals surface area contributed by atoms with Crippen molar-refractivity contribution in [2.75, 3.05) is 0 Å². The fourth-order valence-electron chi connectivity index (χ4n) is 7.77. The Balaban J connectivity index is 0.869. The van der Waals surface area contributed by atoms with Gasteiger partial charge in [-0.25, -0.2) is 19.9 Å². The second kappa shape index (κ2) is 14.7. The molecular formula is C53H33N5S. The molecular weight excluding hydrogens is 739 g/mol. The maximum absolute atomic E-state index is 5.13. The Labute approximate surface area is 345 Å². The van der Waals surface area contributed by atoms with Gasteiger partial charge in [0.15, 0.2) is 17.5 Å². The Morgan fingerprint density at radius 3 is 1.25 bits per heavy atom. The van der Waals surface area contributed by atoms with Crippen molar-refractivity contribution in [1.29, 1.82) is 0 Å². The van der Waals surface area contributed by atoms with Crippen molar-refractivity contribution in [3.63, 3.8) is 0 Å². The third-order valence-corrected chi connectivity index (χ3v) is 12.0. The SMILES string of the molecule is c1ccc(-c2ccc(-c3nc(-c4ccccc4)nc(-c4ccc(-c5ccc(-c6ccc(-c7nc8cccnc8c8c7sc7ccccc78)cc6)cc5)cc4)n3)cc2)cc1. The summed E-state index contributed by atoms with van der Waals surface area (Å²) in [5.41, 5.74) is 13.6. The van der Waals surface area contributed by atoms with Gasteiger partial charge < -0.3 is 0 Å². The number of hydrogen-bond donors (Lipinski definition) is 0. The molecule has 0 saturated carbocycles. The molecule has 11 aromatic rings. The van der Waals surface area contributed by atoms with Crippen LogP contribution in [0.1, 0.15) is 0 Å². The zero-order chi connectivity index (χ0) is 39.1. The number of fused-ring (bicyclic) bond motifs is 5. The first kappa shape index (κ1) is 34.6. The van der Waals surface area contributed by atoms with E-state index in [1.165, 1.54) is 25.7 Å². The summed E-state index contributed by atoms with van der Waals surface area (Å²) in [6.45, 7) is 0. The molecule has 4 heterocycles. The first-order valence-electron chi connectivity index (χ1n) is 19.6. The first-order chi connectivity index (χ1) is 29.2. The largest absolute Gasteiger partial charge is 0.254 e. The van der Waals surface area contributed by atoms with Crippen LogP contribution in [0.5, 0.6) is 0 Å². The van der Waals surface area contributed by atoms with Crippen molar-refractivity contribution in [3.8, 4) is 78.8 Å². The summed E-state index contributed by atoms with van der Waals surface area (Å²) < 4.78 is 2.41. The lowest BCUT2D eigenvalue weighted by Gasteiger charge is -2.10. The van der Waals surface area contributed by atoms with E-state index in [1.807, 2.05) is 48.7 Å². The van der Waals surface area contributed by atoms with Crippen LogP contribution >= 0.6 is 11.3 Å². The highest BCUT2D eigenvalue weighted by Gasteiger charge is 2.17. The molecule has 0 spiro atoms. The number of rotatable bonds is 7. The van der Waals surface area contributed by atoms with Crippen molar-refractivity contribution in [3.05, 3.63) is 200 Å². The van der Waals surface area contributed by atoms with Crippen molar-refractivity contribution in [1.82, 2.24) is 24.9 Å². The van der Waals surface area contributed by atoms with E-state index in [0.29, 0.717) is 17.5 Å². The van der Waals surface area contributed by atoms with Gasteiger partial charge in [0.1, 0.15) is 0 Å². The second-order valence-electron chi connectivity index (χ2n) is 14.5. The van der Waals surface area contributed by atoms with E-state index in [-0.39, 0.29) is 0 Å². The van der Waals surface area contributed by atoms with Crippen molar-refractivity contribution in [2.24, 2.45) is 0 Å². The molecule has 276 valence electrons. The highest BCUT2D eigenvalue weighted by atomic mass is 32.1. The zero-order valence-electron chi connectivity index (χ0n) is 31.7. The topological polar surface area (TPSA) is 64.5 Å². The van der Waals surface area contributed by atoms with E-state index in [2.05, 4.69) is 152 Å². The lowest BCUT2D eigenvalue weighted by atomic mass is 9.98. The minimum absolute atomic E-state index is 0.634. The molecule has 0 saturated heterocycles. The van der Waals surface area contributed by atoms with Gasteiger partial charge in [0.05, 0.1) is 21.4 Å². The standard InChI is InChI=1S/C53H33N5S/c1-3-10-34(11-4-1)35-23-29-42(30-24-35)52-56-51(41-12-5-2-6-13-41)57-53(58-52)43-31-25-39(26-32-43)37-19-17-36(18-20-37)38-21-27-40(28-22-38)48-50-47(44-14-7-8-16-46(44)59-50)49-45(55-48)15-9-33-54-49/h1-33H. The van der Waals surface area contributed by atoms with Crippen LogP contribution < -0.4 is 0 Å². The highest BCUT2D eigenvalue weighted by molar-refractivity contribution is 7.26. The number of pyridine rings is 2. The fourth-order valence-corrected chi connectivity index (χ4v) is 8.99. The molecule has 0 unspecified atom stereocenters. The third-order valence-electron chi connectivity index (χ3n) is 10.8. The van der Waals surface area contributed by atoms with Crippen LogP contribution in [0.4, 0.5) is 0 Å². The third kappa shape index (κ3) is 6.52. The molecule has 7 aromatic carbocycles. The minimum atomic E-state index is 0.634. The second-order valence-corrected chi connectivity index (χ2v) is 15.5. The monoisotopic (exact) mass is 771 g/mol. The average molecular weight is 772 g/mol. The van der Waals surface area contributed by atoms with Crippen LogP contribution in [0.2, 0.25) is 0 Å². The molecule has 11 rings (SSSR count). The normalized spacial score (nSPS) is 11.4. The van der Waals surface area contributed by atoms with Gasteiger partial charge in [-0.15, -0.1) is 11.3 Å². The van der Waals surface area contributed by atoms with Crippen LogP contribution in [0, 0.1) is 0 Å². The van der Waals surface area contributed by atoms with E-state index < -0.39 is 0 Å². The van der Waals surface area contributed by atoms with E-state index in [9.17, 15) is 0 Å². The predicted molar refractivity (Wildman–Crippen MR) is 244 cm³/mol. The maximum atomic E-state index is 5.13. The Hall–Kier alpha value is -7.67. The summed E-state index contributed by atoms with van der Waals surface area (Å²) in [5, 5.41) is 2.41. The first-order valence-corrected chi connectivity index (χ1v) is 20.4. The van der Waals surface area contributed by atoms with Gasteiger partial charge >= 0.3 is 0 Å². The Morgan fingerprint density at radius 1 is 0.322 bits per heavy atom. The molecule has 0 bridgehead atoms.